The summed E-state index contributed by atoms with van der Waals surface area (Å²) in [6, 6.07) is 12.5. The number of rotatable bonds is 4. The van der Waals surface area contributed by atoms with Gasteiger partial charge in [0.25, 0.3) is 0 Å². The van der Waals surface area contributed by atoms with E-state index in [9.17, 15) is 8.42 Å². The van der Waals surface area contributed by atoms with Gasteiger partial charge in [0.15, 0.2) is 15.7 Å². The molecule has 0 radical (unpaired) electrons. The third kappa shape index (κ3) is 3.55. The van der Waals surface area contributed by atoms with Crippen molar-refractivity contribution < 1.29 is 8.42 Å². The summed E-state index contributed by atoms with van der Waals surface area (Å²) in [4.78, 5) is 7.09. The average Bonchev–Trinajstić information content (AvgIpc) is 3.45. The summed E-state index contributed by atoms with van der Waals surface area (Å²) >= 11 is 1.73. The van der Waals surface area contributed by atoms with Crippen LogP contribution in [0.25, 0.3) is 11.3 Å². The number of hydrogen-bond acceptors (Lipinski definition) is 7. The smallest absolute Gasteiger partial charge is 0.164 e. The Balaban J connectivity index is 1.40. The number of aromatic nitrogens is 1. The Morgan fingerprint density at radius 3 is 2.68 bits per heavy atom. The Morgan fingerprint density at radius 2 is 1.93 bits per heavy atom. The molecule has 6 nitrogen and oxygen atoms in total. The maximum Gasteiger partial charge on any atom is 0.164 e. The monoisotopic (exact) mass is 416 g/mol. The van der Waals surface area contributed by atoms with Gasteiger partial charge in [0.1, 0.15) is 0 Å². The molecule has 1 saturated heterocycles. The van der Waals surface area contributed by atoms with Crippen LogP contribution in [0, 0.1) is 5.92 Å². The van der Waals surface area contributed by atoms with Crippen molar-refractivity contribution in [2.75, 3.05) is 51.7 Å². The third-order valence-electron chi connectivity index (χ3n) is 5.61. The molecule has 0 spiro atoms. The van der Waals surface area contributed by atoms with E-state index < -0.39 is 9.84 Å². The van der Waals surface area contributed by atoms with Crippen LogP contribution in [-0.4, -0.2) is 51.6 Å². The average molecular weight is 417 g/mol. The van der Waals surface area contributed by atoms with Crippen molar-refractivity contribution in [1.82, 2.24) is 4.98 Å². The zero-order valence-corrected chi connectivity index (χ0v) is 17.5. The van der Waals surface area contributed by atoms with Crippen molar-refractivity contribution in [3.63, 3.8) is 0 Å². The minimum atomic E-state index is -2.88. The van der Waals surface area contributed by atoms with E-state index in [4.69, 9.17) is 4.98 Å². The number of anilines is 3. The fourth-order valence-corrected chi connectivity index (χ4v) is 5.97. The van der Waals surface area contributed by atoms with Crippen molar-refractivity contribution in [1.29, 1.82) is 0 Å². The lowest BCUT2D eigenvalue weighted by molar-refractivity contribution is 0.587. The highest BCUT2D eigenvalue weighted by Crippen LogP contribution is 2.45. The van der Waals surface area contributed by atoms with Crippen LogP contribution in [0.5, 0.6) is 0 Å². The molecule has 5 rings (SSSR count). The second-order valence-electron chi connectivity index (χ2n) is 7.81. The Bertz CT molecular complexity index is 993. The summed E-state index contributed by atoms with van der Waals surface area (Å²) in [5, 5.41) is 0. The summed E-state index contributed by atoms with van der Waals surface area (Å²) < 4.78 is 27.9. The van der Waals surface area contributed by atoms with E-state index in [1.165, 1.54) is 18.5 Å². The molecule has 28 heavy (non-hydrogen) atoms. The van der Waals surface area contributed by atoms with Crippen LogP contribution in [0.3, 0.4) is 0 Å². The van der Waals surface area contributed by atoms with Crippen LogP contribution in [-0.2, 0) is 9.84 Å². The molecule has 0 bridgehead atoms. The third-order valence-corrected chi connectivity index (χ3v) is 8.18. The van der Waals surface area contributed by atoms with Gasteiger partial charge in [-0.25, -0.2) is 13.4 Å². The molecule has 1 aromatic heterocycles. The molecule has 2 aromatic rings. The quantitative estimate of drug-likeness (QED) is 0.710. The van der Waals surface area contributed by atoms with Crippen LogP contribution >= 0.6 is 12.1 Å². The van der Waals surface area contributed by atoms with Crippen molar-refractivity contribution in [2.24, 2.45) is 5.92 Å². The number of nitrogens with zero attached hydrogens (tertiary/aromatic N) is 4. The minimum Gasteiger partial charge on any atom is -0.369 e. The van der Waals surface area contributed by atoms with Gasteiger partial charge in [0.05, 0.1) is 35.0 Å². The van der Waals surface area contributed by atoms with Gasteiger partial charge in [-0.2, -0.15) is 0 Å². The lowest BCUT2D eigenvalue weighted by atomic mass is 10.1. The van der Waals surface area contributed by atoms with Crippen LogP contribution in [0.15, 0.2) is 36.4 Å². The van der Waals surface area contributed by atoms with Gasteiger partial charge >= 0.3 is 0 Å². The number of sulfone groups is 1. The number of hydrogen-bond donors (Lipinski definition) is 0. The zero-order valence-electron chi connectivity index (χ0n) is 15.9. The van der Waals surface area contributed by atoms with Crippen molar-refractivity contribution in [3.05, 3.63) is 36.4 Å². The summed E-state index contributed by atoms with van der Waals surface area (Å²) in [6.45, 7) is 2.20. The minimum absolute atomic E-state index is 0.229. The Hall–Kier alpha value is -1.93. The van der Waals surface area contributed by atoms with E-state index in [-0.39, 0.29) is 11.5 Å². The number of benzene rings is 1. The number of fused-ring (bicyclic) bond motifs is 1. The fourth-order valence-electron chi connectivity index (χ4n) is 3.76. The van der Waals surface area contributed by atoms with E-state index in [0.717, 1.165) is 35.2 Å². The second kappa shape index (κ2) is 6.84. The van der Waals surface area contributed by atoms with Gasteiger partial charge in [-0.05, 0) is 43.0 Å². The van der Waals surface area contributed by atoms with Crippen LogP contribution in [0.4, 0.5) is 17.2 Å². The SMILES string of the molecule is CN1SN(CC2CC2)c2ccc(-c3cccc(N4CCS(=O)(=O)CC4)c3)nc21. The van der Waals surface area contributed by atoms with Crippen molar-refractivity contribution in [3.8, 4) is 11.3 Å². The number of pyridine rings is 1. The van der Waals surface area contributed by atoms with E-state index in [2.05, 4.69) is 44.8 Å². The molecule has 8 heteroatoms. The van der Waals surface area contributed by atoms with Gasteiger partial charge in [-0.3, -0.25) is 8.61 Å². The lowest BCUT2D eigenvalue weighted by Crippen LogP contribution is -2.40. The largest absolute Gasteiger partial charge is 0.369 e. The first-order valence-corrected chi connectivity index (χ1v) is 12.3. The van der Waals surface area contributed by atoms with Crippen LogP contribution in [0.1, 0.15) is 12.8 Å². The molecule has 2 aliphatic heterocycles. The maximum atomic E-state index is 11.7. The van der Waals surface area contributed by atoms with E-state index >= 15 is 0 Å². The summed E-state index contributed by atoms with van der Waals surface area (Å²) in [5.74, 6) is 2.30. The van der Waals surface area contributed by atoms with Gasteiger partial charge in [-0.1, -0.05) is 12.1 Å². The molecule has 0 amide bonds. The normalized spacial score (nSPS) is 21.1. The topological polar surface area (TPSA) is 56.8 Å². The van der Waals surface area contributed by atoms with E-state index in [1.807, 2.05) is 12.1 Å². The molecule has 1 saturated carbocycles. The fraction of sp³-hybridized carbons (Fsp3) is 0.450. The predicted molar refractivity (Wildman–Crippen MR) is 117 cm³/mol. The summed E-state index contributed by atoms with van der Waals surface area (Å²) in [6.07, 6.45) is 2.68. The highest BCUT2D eigenvalue weighted by Gasteiger charge is 2.32. The van der Waals surface area contributed by atoms with Gasteiger partial charge < -0.3 is 4.90 Å². The van der Waals surface area contributed by atoms with E-state index in [0.29, 0.717) is 13.1 Å². The molecule has 2 fully saturated rings. The van der Waals surface area contributed by atoms with Gasteiger partial charge in [-0.15, -0.1) is 0 Å². The van der Waals surface area contributed by atoms with Crippen LogP contribution < -0.4 is 13.5 Å². The molecule has 0 atom stereocenters. The van der Waals surface area contributed by atoms with Crippen molar-refractivity contribution in [2.45, 2.75) is 12.8 Å². The molecule has 0 unspecified atom stereocenters. The molecular formula is C20H24N4O2S2. The second-order valence-corrected chi connectivity index (χ2v) is 11.3. The first-order chi connectivity index (χ1) is 13.5. The first-order valence-electron chi connectivity index (χ1n) is 9.75. The van der Waals surface area contributed by atoms with E-state index in [1.54, 1.807) is 12.1 Å². The van der Waals surface area contributed by atoms with Crippen LogP contribution in [0.2, 0.25) is 0 Å². The van der Waals surface area contributed by atoms with Crippen molar-refractivity contribution >= 4 is 39.2 Å². The Morgan fingerprint density at radius 1 is 1.14 bits per heavy atom. The molecule has 0 N–H and O–H groups in total. The molecule has 1 aromatic carbocycles. The molecule has 1 aliphatic carbocycles. The molecular weight excluding hydrogens is 392 g/mol. The zero-order chi connectivity index (χ0) is 19.3. The Kier molecular flexibility index (Phi) is 4.43. The summed E-state index contributed by atoms with van der Waals surface area (Å²) in [7, 11) is -0.808. The van der Waals surface area contributed by atoms with Gasteiger partial charge in [0.2, 0.25) is 0 Å². The van der Waals surface area contributed by atoms with Gasteiger partial charge in [0, 0.05) is 37.9 Å². The maximum absolute atomic E-state index is 11.7. The molecule has 3 aliphatic rings. The predicted octanol–water partition coefficient (Wildman–Crippen LogP) is 3.21. The Labute approximate surface area is 170 Å². The standard InChI is InChI=1S/C20H24N4O2S2/c1-22-20-19(24(27-22)14-15-5-6-15)8-7-18(21-20)16-3-2-4-17(13-16)23-9-11-28(25,26)12-10-23/h2-4,7-8,13,15H,5-6,9-12,14H2,1H3. The first kappa shape index (κ1) is 18.1. The highest BCUT2D eigenvalue weighted by atomic mass is 32.2. The highest BCUT2D eigenvalue weighted by molar-refractivity contribution is 8.02. The molecule has 3 heterocycles. The summed E-state index contributed by atoms with van der Waals surface area (Å²) in [5.41, 5.74) is 4.27. The lowest BCUT2D eigenvalue weighted by Gasteiger charge is -2.29. The molecule has 148 valence electrons.